The Morgan fingerprint density at radius 1 is 0.465 bits per heavy atom. The van der Waals surface area contributed by atoms with Crippen LogP contribution in [0, 0.1) is 55.4 Å². The molecule has 1 heteroatoms. The van der Waals surface area contributed by atoms with Crippen molar-refractivity contribution in [2.45, 2.75) is 200 Å². The maximum absolute atomic E-state index is 5.24. The van der Waals surface area contributed by atoms with E-state index in [0.717, 1.165) is 12.2 Å². The number of aryl methyl sites for hydroxylation is 9. The van der Waals surface area contributed by atoms with E-state index in [1.165, 1.54) is 152 Å². The number of hydrogen-bond donors (Lipinski definition) is 0. The van der Waals surface area contributed by atoms with Gasteiger partial charge >= 0.3 is 0 Å². The predicted octanol–water partition coefficient (Wildman–Crippen LogP) is 25.6. The van der Waals surface area contributed by atoms with Crippen molar-refractivity contribution in [2.75, 3.05) is 7.11 Å². The first kappa shape index (κ1) is 74.9. The smallest absolute Gasteiger partial charge is 0.118 e. The zero-order valence-electron chi connectivity index (χ0n) is 53.8. The highest BCUT2D eigenvalue weighted by Gasteiger charge is 2.28. The lowest BCUT2D eigenvalue weighted by atomic mass is 9.71. The molecule has 9 aromatic rings. The molecular formula is C85H114O. The quantitative estimate of drug-likeness (QED) is 0.118. The van der Waals surface area contributed by atoms with E-state index in [4.69, 9.17) is 4.74 Å². The molecule has 10 rings (SSSR count). The van der Waals surface area contributed by atoms with Crippen molar-refractivity contribution in [3.8, 4) is 28.0 Å². The number of benzene rings is 9. The summed E-state index contributed by atoms with van der Waals surface area (Å²) >= 11 is 0. The molecule has 0 N–H and O–H groups in total. The maximum atomic E-state index is 5.24. The molecule has 460 valence electrons. The number of methoxy groups -OCH3 is 1. The van der Waals surface area contributed by atoms with Crippen molar-refractivity contribution < 1.29 is 4.74 Å². The van der Waals surface area contributed by atoms with E-state index in [9.17, 15) is 0 Å². The van der Waals surface area contributed by atoms with Crippen LogP contribution in [0.1, 0.15) is 200 Å². The van der Waals surface area contributed by atoms with Crippen LogP contribution in [0.3, 0.4) is 0 Å². The predicted molar refractivity (Wildman–Crippen MR) is 385 cm³/mol. The molecule has 1 nitrogen and oxygen atoms in total. The third kappa shape index (κ3) is 23.2. The summed E-state index contributed by atoms with van der Waals surface area (Å²) in [6, 6.07) is 77.7. The zero-order valence-corrected chi connectivity index (χ0v) is 53.8. The Balaban J connectivity index is 0.000000355. The molecule has 0 aliphatic heterocycles. The molecular weight excluding hydrogens is 1040 g/mol. The summed E-state index contributed by atoms with van der Waals surface area (Å²) in [5.74, 6) is 1.62. The van der Waals surface area contributed by atoms with Crippen molar-refractivity contribution in [1.82, 2.24) is 0 Å². The second kappa shape index (κ2) is 38.7. The topological polar surface area (TPSA) is 9.23 Å². The van der Waals surface area contributed by atoms with Crippen LogP contribution in [0.15, 0.2) is 218 Å². The van der Waals surface area contributed by atoms with E-state index in [1.54, 1.807) is 7.11 Å². The molecule has 0 spiro atoms. The lowest BCUT2D eigenvalue weighted by molar-refractivity contribution is 0.319. The van der Waals surface area contributed by atoms with Crippen molar-refractivity contribution in [2.24, 2.45) is 0 Å². The van der Waals surface area contributed by atoms with E-state index in [2.05, 4.69) is 297 Å². The Morgan fingerprint density at radius 3 is 1.38 bits per heavy atom. The van der Waals surface area contributed by atoms with Crippen molar-refractivity contribution in [3.05, 3.63) is 291 Å². The van der Waals surface area contributed by atoms with Gasteiger partial charge in [0.1, 0.15) is 5.75 Å². The molecule has 0 heterocycles. The summed E-state index contributed by atoms with van der Waals surface area (Å²) < 4.78 is 5.24. The summed E-state index contributed by atoms with van der Waals surface area (Å²) in [5, 5.41) is 0. The molecule has 1 aliphatic rings. The first-order valence-corrected chi connectivity index (χ1v) is 31.1. The summed E-state index contributed by atoms with van der Waals surface area (Å²) in [6.07, 6.45) is 13.1. The van der Waals surface area contributed by atoms with Crippen LogP contribution in [0.4, 0.5) is 0 Å². The summed E-state index contributed by atoms with van der Waals surface area (Å²) in [6.45, 7) is 31.1. The average Bonchev–Trinajstić information content (AvgIpc) is 2.24. The van der Waals surface area contributed by atoms with Crippen LogP contribution in [0.25, 0.3) is 22.3 Å². The van der Waals surface area contributed by atoms with Gasteiger partial charge in [0.2, 0.25) is 0 Å². The Morgan fingerprint density at radius 2 is 0.907 bits per heavy atom. The van der Waals surface area contributed by atoms with Crippen molar-refractivity contribution in [3.63, 3.8) is 0 Å². The molecule has 2 unspecified atom stereocenters. The molecule has 0 bridgehead atoms. The van der Waals surface area contributed by atoms with Gasteiger partial charge in [-0.25, -0.2) is 0 Å². The van der Waals surface area contributed by atoms with E-state index in [1.807, 2.05) is 18.2 Å². The fraction of sp³-hybridized carbons (Fsp3) is 0.365. The molecule has 9 aromatic carbocycles. The lowest BCUT2D eigenvalue weighted by Gasteiger charge is -2.34. The minimum Gasteiger partial charge on any atom is -0.497 e. The average molecular weight is 1150 g/mol. The van der Waals surface area contributed by atoms with Crippen LogP contribution in [-0.2, 0) is 17.3 Å². The molecule has 1 saturated carbocycles. The van der Waals surface area contributed by atoms with Crippen molar-refractivity contribution in [1.29, 1.82) is 0 Å². The zero-order chi connectivity index (χ0) is 60.2. The highest BCUT2D eigenvalue weighted by molar-refractivity contribution is 5.75. The van der Waals surface area contributed by atoms with Gasteiger partial charge < -0.3 is 4.74 Å². The van der Waals surface area contributed by atoms with Crippen molar-refractivity contribution >= 4 is 0 Å². The third-order valence-corrected chi connectivity index (χ3v) is 17.1. The minimum atomic E-state index is 0. The fourth-order valence-corrected chi connectivity index (χ4v) is 11.2. The van der Waals surface area contributed by atoms with Gasteiger partial charge in [-0.2, -0.15) is 0 Å². The van der Waals surface area contributed by atoms with Crippen LogP contribution in [0.2, 0.25) is 0 Å². The van der Waals surface area contributed by atoms with Gasteiger partial charge in [0.15, 0.2) is 0 Å². The van der Waals surface area contributed by atoms with E-state index < -0.39 is 0 Å². The van der Waals surface area contributed by atoms with Crippen LogP contribution in [0.5, 0.6) is 5.75 Å². The monoisotopic (exact) mass is 1150 g/mol. The second-order valence-corrected chi connectivity index (χ2v) is 23.8. The van der Waals surface area contributed by atoms with Gasteiger partial charge in [0, 0.05) is 5.41 Å². The molecule has 0 radical (unpaired) electrons. The molecule has 1 aliphatic carbocycles. The van der Waals surface area contributed by atoms with Gasteiger partial charge in [-0.15, -0.1) is 0 Å². The largest absolute Gasteiger partial charge is 0.497 e. The van der Waals surface area contributed by atoms with Crippen LogP contribution >= 0.6 is 0 Å². The summed E-state index contributed by atoms with van der Waals surface area (Å²) in [4.78, 5) is 0. The van der Waals surface area contributed by atoms with Gasteiger partial charge in [0.05, 0.1) is 7.11 Å². The Labute approximate surface area is 527 Å². The van der Waals surface area contributed by atoms with Gasteiger partial charge in [-0.3, -0.25) is 0 Å². The van der Waals surface area contributed by atoms with Gasteiger partial charge in [0.25, 0.3) is 0 Å². The number of unbranched alkanes of at least 4 members (excludes halogenated alkanes) is 1. The van der Waals surface area contributed by atoms with Gasteiger partial charge in [-0.1, -0.05) is 312 Å². The number of ether oxygens (including phenoxy) is 1. The molecule has 86 heavy (non-hydrogen) atoms. The fourth-order valence-electron chi connectivity index (χ4n) is 11.2. The summed E-state index contributed by atoms with van der Waals surface area (Å²) in [7, 11) is 1.70. The van der Waals surface area contributed by atoms with E-state index in [-0.39, 0.29) is 27.7 Å². The Bertz CT molecular complexity index is 3180. The highest BCUT2D eigenvalue weighted by Crippen LogP contribution is 2.39. The van der Waals surface area contributed by atoms with Gasteiger partial charge in [-0.05, 0) is 195 Å². The standard InChI is InChI=1S/C18H22O.C18H22.C13H18.C13H12.2C10H14.3CH4/c1-5-18(3,15-8-6-14(2)7-9-15)16-10-12-17(19-4)13-11-16;1-11-7-15(5)18(16(6)8-11)17-10-13(3)12(2)9-14(17)4;1-13(10-6-3-7-11-13)12-8-4-2-5-9-12;1-11-7-9-13(10-8-11)12-5-3-2-4-6-12;1-3-9(2)10-7-5-4-6-8-10;1-2-3-7-10-8-5-4-6-9-10;;;/h6-13H,5H2,1-4H3;7-10H,1-6H3;2,4-5,8-9H,3,6-7,10-11H2,1H3;2-10H,1H3;4-9H,3H2,1-2H3;4-6,8-9H,2-3,7H2,1H3;3*1H4. The molecule has 2 atom stereocenters. The third-order valence-electron chi connectivity index (χ3n) is 17.1. The van der Waals surface area contributed by atoms with E-state index >= 15 is 0 Å². The molecule has 0 saturated heterocycles. The van der Waals surface area contributed by atoms with Crippen LogP contribution < -0.4 is 4.74 Å². The molecule has 1 fully saturated rings. The SMILES string of the molecule is C.C.C.CC1(c2ccccc2)CCCCC1.CCC(C)(c1ccc(C)cc1)c1ccc(OC)cc1.CCC(C)c1ccccc1.CCCCc1ccccc1.Cc1cc(C)c(-c2cc(C)c(C)cc2C)c(C)c1.Cc1ccc(-c2ccccc2)cc1. The minimum absolute atomic E-state index is 0. The number of hydrogen-bond acceptors (Lipinski definition) is 1. The lowest BCUT2D eigenvalue weighted by Crippen LogP contribution is -2.24. The van der Waals surface area contributed by atoms with E-state index in [0.29, 0.717) is 11.3 Å². The van der Waals surface area contributed by atoms with Crippen LogP contribution in [-0.4, -0.2) is 7.11 Å². The number of rotatable bonds is 12. The Hall–Kier alpha value is -7.22. The first-order valence-electron chi connectivity index (χ1n) is 31.1. The normalized spacial score (nSPS) is 12.7. The Kier molecular flexibility index (Phi) is 33.7. The summed E-state index contributed by atoms with van der Waals surface area (Å²) in [5.41, 5.74) is 23.8. The molecule has 0 aromatic heterocycles. The molecule has 0 amide bonds. The first-order chi connectivity index (χ1) is 39.9. The maximum Gasteiger partial charge on any atom is 0.118 e. The second-order valence-electron chi connectivity index (χ2n) is 23.8. The highest BCUT2D eigenvalue weighted by atomic mass is 16.5.